The Bertz CT molecular complexity index is 933. The van der Waals surface area contributed by atoms with Gasteiger partial charge in [0.25, 0.3) is 17.0 Å². The third-order valence-electron chi connectivity index (χ3n) is 3.88. The lowest BCUT2D eigenvalue weighted by Gasteiger charge is -2.20. The van der Waals surface area contributed by atoms with Crippen LogP contribution in [0.5, 0.6) is 0 Å². The van der Waals surface area contributed by atoms with Crippen molar-refractivity contribution >= 4 is 28.3 Å². The van der Waals surface area contributed by atoms with Gasteiger partial charge >= 0.3 is 0 Å². The highest BCUT2D eigenvalue weighted by molar-refractivity contribution is 7.81. The van der Waals surface area contributed by atoms with Crippen molar-refractivity contribution in [3.05, 3.63) is 100 Å². The van der Waals surface area contributed by atoms with Crippen LogP contribution in [0.2, 0.25) is 0 Å². The van der Waals surface area contributed by atoms with E-state index in [1.54, 1.807) is 42.5 Å². The first-order valence-corrected chi connectivity index (χ1v) is 8.90. The summed E-state index contributed by atoms with van der Waals surface area (Å²) in [7, 11) is 0. The number of rotatable bonds is 6. The molecule has 0 amide bonds. The fourth-order valence-electron chi connectivity index (χ4n) is 2.71. The molecule has 0 aliphatic heterocycles. The van der Waals surface area contributed by atoms with Crippen LogP contribution in [0.15, 0.2) is 78.9 Å². The Kier molecular flexibility index (Phi) is 5.40. The van der Waals surface area contributed by atoms with Crippen LogP contribution in [0.1, 0.15) is 11.1 Å². The van der Waals surface area contributed by atoms with Crippen molar-refractivity contribution < 1.29 is 13.7 Å². The maximum atomic E-state index is 11.8. The summed E-state index contributed by atoms with van der Waals surface area (Å²) in [4.78, 5) is 11.1. The Labute approximate surface area is 153 Å². The number of nitrogens with zero attached hydrogens (tertiary/aromatic N) is 2. The fourth-order valence-corrected chi connectivity index (χ4v) is 3.30. The van der Waals surface area contributed by atoms with E-state index in [2.05, 4.69) is 0 Å². The molecule has 132 valence electrons. The average Bonchev–Trinajstić information content (AvgIpc) is 2.64. The molecule has 0 saturated heterocycles. The number of nitro groups is 1. The second-order valence-corrected chi connectivity index (χ2v) is 6.42. The van der Waals surface area contributed by atoms with E-state index in [4.69, 9.17) is 0 Å². The van der Waals surface area contributed by atoms with Crippen LogP contribution in [0.3, 0.4) is 0 Å². The van der Waals surface area contributed by atoms with E-state index < -0.39 is 16.2 Å². The smallest absolute Gasteiger partial charge is 0.275 e. The van der Waals surface area contributed by atoms with Crippen molar-refractivity contribution in [2.75, 3.05) is 4.31 Å². The van der Waals surface area contributed by atoms with Crippen LogP contribution in [-0.4, -0.2) is 13.7 Å². The molecule has 3 rings (SSSR count). The zero-order chi connectivity index (χ0) is 18.5. The molecule has 3 aromatic rings. The van der Waals surface area contributed by atoms with E-state index in [1.165, 1.54) is 6.07 Å². The Balaban J connectivity index is 2.02. The van der Waals surface area contributed by atoms with E-state index in [0.717, 1.165) is 9.87 Å². The lowest BCUT2D eigenvalue weighted by Crippen LogP contribution is -2.19. The Morgan fingerprint density at radius 1 is 0.923 bits per heavy atom. The monoisotopic (exact) mass is 368 g/mol. The van der Waals surface area contributed by atoms with E-state index in [9.17, 15) is 18.9 Å². The summed E-state index contributed by atoms with van der Waals surface area (Å²) in [5.41, 5.74) is 2.16. The number of para-hydroxylation sites is 1. The summed E-state index contributed by atoms with van der Waals surface area (Å²) in [6.45, 7) is 0. The van der Waals surface area contributed by atoms with Gasteiger partial charge in [-0.2, -0.15) is 0 Å². The van der Waals surface area contributed by atoms with Gasteiger partial charge in [-0.3, -0.25) is 14.7 Å². The van der Waals surface area contributed by atoms with Gasteiger partial charge in [-0.25, -0.2) is 8.51 Å². The van der Waals surface area contributed by atoms with Gasteiger partial charge in [0.1, 0.15) is 0 Å². The normalized spacial score (nSPS) is 11.7. The molecule has 26 heavy (non-hydrogen) atoms. The summed E-state index contributed by atoms with van der Waals surface area (Å²) in [5, 5.41) is 11.5. The number of hydrogen-bond donors (Lipinski definition) is 1. The lowest BCUT2D eigenvalue weighted by molar-refractivity contribution is -0.385. The average molecular weight is 368 g/mol. The minimum atomic E-state index is -2.36. The van der Waals surface area contributed by atoms with Gasteiger partial charge in [0.05, 0.1) is 16.3 Å². The first kappa shape index (κ1) is 17.8. The molecule has 0 bridgehead atoms. The number of anilines is 2. The van der Waals surface area contributed by atoms with E-state index in [-0.39, 0.29) is 11.4 Å². The fraction of sp³-hybridized carbons (Fsp3) is 0.0526. The first-order valence-electron chi connectivity index (χ1n) is 7.83. The molecule has 0 aliphatic rings. The van der Waals surface area contributed by atoms with Gasteiger partial charge in [0.2, 0.25) is 0 Å². The van der Waals surface area contributed by atoms with Crippen molar-refractivity contribution in [2.24, 2.45) is 0 Å². The molecule has 0 saturated carbocycles. The zero-order valence-electron chi connectivity index (χ0n) is 13.7. The van der Waals surface area contributed by atoms with Crippen LogP contribution >= 0.6 is 0 Å². The van der Waals surface area contributed by atoms with Crippen LogP contribution in [-0.2, 0) is 17.7 Å². The topological polar surface area (TPSA) is 83.7 Å². The second-order valence-electron chi connectivity index (χ2n) is 5.59. The molecular formula is C19H16N2O4S. The lowest BCUT2D eigenvalue weighted by atomic mass is 10.0. The summed E-state index contributed by atoms with van der Waals surface area (Å²) in [5.74, 6) is 0. The second kappa shape index (κ2) is 7.90. The molecule has 1 unspecified atom stereocenters. The highest BCUT2D eigenvalue weighted by Crippen LogP contribution is 2.32. The highest BCUT2D eigenvalue weighted by Gasteiger charge is 2.21. The maximum Gasteiger partial charge on any atom is 0.275 e. The molecule has 0 spiro atoms. The molecule has 0 aromatic heterocycles. The predicted octanol–water partition coefficient (Wildman–Crippen LogP) is 4.46. The van der Waals surface area contributed by atoms with Gasteiger partial charge in [-0.15, -0.1) is 0 Å². The highest BCUT2D eigenvalue weighted by atomic mass is 32.2. The van der Waals surface area contributed by atoms with E-state index >= 15 is 0 Å². The summed E-state index contributed by atoms with van der Waals surface area (Å²) in [6, 6.07) is 22.6. The van der Waals surface area contributed by atoms with Gasteiger partial charge in [-0.05, 0) is 29.8 Å². The van der Waals surface area contributed by atoms with Crippen LogP contribution < -0.4 is 4.31 Å². The molecule has 1 atom stereocenters. The van der Waals surface area contributed by atoms with Crippen LogP contribution in [0.4, 0.5) is 17.1 Å². The molecular weight excluding hydrogens is 352 g/mol. The molecule has 0 radical (unpaired) electrons. The Morgan fingerprint density at radius 3 is 2.12 bits per heavy atom. The van der Waals surface area contributed by atoms with Crippen molar-refractivity contribution in [3.8, 4) is 0 Å². The molecule has 0 heterocycles. The van der Waals surface area contributed by atoms with E-state index in [1.807, 2.05) is 30.3 Å². The predicted molar refractivity (Wildman–Crippen MR) is 102 cm³/mol. The largest absolute Gasteiger partial charge is 0.289 e. The molecule has 3 aromatic carbocycles. The van der Waals surface area contributed by atoms with Crippen molar-refractivity contribution in [3.63, 3.8) is 0 Å². The van der Waals surface area contributed by atoms with Gasteiger partial charge in [-0.1, -0.05) is 48.5 Å². The maximum absolute atomic E-state index is 11.8. The quantitative estimate of drug-likeness (QED) is 0.395. The Hall–Kier alpha value is -3.03. The van der Waals surface area contributed by atoms with E-state index in [0.29, 0.717) is 17.7 Å². The third kappa shape index (κ3) is 3.96. The first-order chi connectivity index (χ1) is 12.6. The van der Waals surface area contributed by atoms with Crippen LogP contribution in [0.25, 0.3) is 0 Å². The number of nitro benzene ring substituents is 1. The minimum absolute atomic E-state index is 0.0854. The molecule has 1 N–H and O–H groups in total. The molecule has 7 heteroatoms. The standard InChI is InChI=1S/C19H16N2O4S/c22-21(23)19-14-18(20(26(24)25)17-9-5-2-6-10-17)12-11-16(19)13-15-7-3-1-4-8-15/h1-12,14H,13H2,(H,24,25). The zero-order valence-corrected chi connectivity index (χ0v) is 14.5. The van der Waals surface area contributed by atoms with Gasteiger partial charge < -0.3 is 0 Å². The van der Waals surface area contributed by atoms with Crippen molar-refractivity contribution in [1.82, 2.24) is 0 Å². The molecule has 0 fully saturated rings. The van der Waals surface area contributed by atoms with Crippen LogP contribution in [0, 0.1) is 10.1 Å². The van der Waals surface area contributed by atoms with Gasteiger partial charge in [0, 0.05) is 18.1 Å². The number of benzene rings is 3. The Morgan fingerprint density at radius 2 is 1.54 bits per heavy atom. The summed E-state index contributed by atoms with van der Waals surface area (Å²) >= 11 is -2.36. The summed E-state index contributed by atoms with van der Waals surface area (Å²) in [6.07, 6.45) is 0.408. The van der Waals surface area contributed by atoms with Crippen molar-refractivity contribution in [1.29, 1.82) is 0 Å². The summed E-state index contributed by atoms with van der Waals surface area (Å²) < 4.78 is 22.6. The SMILES string of the molecule is O=[N+]([O-])c1cc(N(c2ccccc2)S(=O)O)ccc1Cc1ccccc1. The van der Waals surface area contributed by atoms with Gasteiger partial charge in [0.15, 0.2) is 0 Å². The van der Waals surface area contributed by atoms with Crippen molar-refractivity contribution in [2.45, 2.75) is 6.42 Å². The molecule has 6 nitrogen and oxygen atoms in total. The minimum Gasteiger partial charge on any atom is -0.289 e. The third-order valence-corrected chi connectivity index (χ3v) is 4.62. The molecule has 0 aliphatic carbocycles. The number of hydrogen-bond acceptors (Lipinski definition) is 3.